The van der Waals surface area contributed by atoms with Crippen molar-refractivity contribution in [3.8, 4) is 11.5 Å². The molecule has 0 aliphatic heterocycles. The van der Waals surface area contributed by atoms with Crippen molar-refractivity contribution in [2.24, 2.45) is 5.10 Å². The number of halogens is 1. The Morgan fingerprint density at radius 3 is 2.78 bits per heavy atom. The number of carbonyl (C=O) groups excluding carboxylic acids is 2. The summed E-state index contributed by atoms with van der Waals surface area (Å²) >= 11 is 1.27. The van der Waals surface area contributed by atoms with E-state index in [1.54, 1.807) is 35.7 Å². The predicted molar refractivity (Wildman–Crippen MR) is 121 cm³/mol. The third kappa shape index (κ3) is 5.49. The molecule has 0 saturated heterocycles. The van der Waals surface area contributed by atoms with Gasteiger partial charge in [-0.05, 0) is 24.3 Å². The van der Waals surface area contributed by atoms with Crippen molar-refractivity contribution in [3.63, 3.8) is 0 Å². The molecule has 168 valence electrons. The van der Waals surface area contributed by atoms with Crippen molar-refractivity contribution in [2.75, 3.05) is 27.4 Å². The molecule has 3 aromatic rings. The number of hydrogen-bond donors (Lipinski definition) is 1. The van der Waals surface area contributed by atoms with Crippen LogP contribution in [0.3, 0.4) is 0 Å². The molecule has 0 radical (unpaired) electrons. The van der Waals surface area contributed by atoms with Crippen LogP contribution < -0.4 is 9.47 Å². The molecule has 1 heterocycles. The van der Waals surface area contributed by atoms with Gasteiger partial charge in [0.2, 0.25) is 5.91 Å². The number of nitrogens with zero attached hydrogens (tertiary/aromatic N) is 2. The van der Waals surface area contributed by atoms with Gasteiger partial charge in [0.15, 0.2) is 17.3 Å². The minimum atomic E-state index is -0.324. The second-order valence-electron chi connectivity index (χ2n) is 6.83. The van der Waals surface area contributed by atoms with Crippen LogP contribution in [0.5, 0.6) is 11.5 Å². The van der Waals surface area contributed by atoms with Crippen LogP contribution in [0, 0.1) is 5.82 Å². The SMILES string of the molecule is COc1cc(C(=O)CCC(=O)N(C)/N=C/c2csc3c(F)cccc23)ccc1OCCO. The maximum absolute atomic E-state index is 13.8. The molecular weight excluding hydrogens is 435 g/mol. The fourth-order valence-corrected chi connectivity index (χ4v) is 3.92. The number of ketones is 1. The smallest absolute Gasteiger partial charge is 0.242 e. The van der Waals surface area contributed by atoms with E-state index in [0.717, 1.165) is 10.9 Å². The van der Waals surface area contributed by atoms with Crippen molar-refractivity contribution in [2.45, 2.75) is 12.8 Å². The van der Waals surface area contributed by atoms with Gasteiger partial charge in [-0.15, -0.1) is 11.3 Å². The summed E-state index contributed by atoms with van der Waals surface area (Å²) in [5.74, 6) is -0.0437. The minimum Gasteiger partial charge on any atom is -0.493 e. The standard InChI is InChI=1S/C23H23FN2O5S/c1-26(25-13-16-14-32-23-17(16)4-3-5-18(23)24)22(29)9-7-19(28)15-6-8-20(31-11-10-27)21(12-15)30-2/h3-6,8,12-14,27H,7,9-11H2,1-2H3/b25-13+. The Kier molecular flexibility index (Phi) is 7.91. The number of methoxy groups -OCH3 is 1. The van der Waals surface area contributed by atoms with E-state index in [1.165, 1.54) is 42.8 Å². The van der Waals surface area contributed by atoms with E-state index in [0.29, 0.717) is 21.8 Å². The molecule has 2 aromatic carbocycles. The molecule has 7 nitrogen and oxygen atoms in total. The number of aliphatic hydroxyl groups excluding tert-OH is 1. The Bertz CT molecular complexity index is 1140. The molecule has 1 N–H and O–H groups in total. The van der Waals surface area contributed by atoms with Crippen molar-refractivity contribution < 1.29 is 28.6 Å². The van der Waals surface area contributed by atoms with Crippen molar-refractivity contribution in [1.82, 2.24) is 5.01 Å². The molecule has 9 heteroatoms. The molecule has 1 aromatic heterocycles. The number of rotatable bonds is 10. The number of aliphatic hydroxyl groups is 1. The number of amides is 1. The average molecular weight is 459 g/mol. The quantitative estimate of drug-likeness (QED) is 0.283. The van der Waals surface area contributed by atoms with Gasteiger partial charge in [0, 0.05) is 41.8 Å². The summed E-state index contributed by atoms with van der Waals surface area (Å²) < 4.78 is 24.9. The van der Waals surface area contributed by atoms with Gasteiger partial charge < -0.3 is 14.6 Å². The minimum absolute atomic E-state index is 0.00524. The van der Waals surface area contributed by atoms with E-state index in [2.05, 4.69) is 5.10 Å². The first-order valence-corrected chi connectivity index (χ1v) is 10.7. The number of fused-ring (bicyclic) bond motifs is 1. The van der Waals surface area contributed by atoms with Crippen LogP contribution in [-0.4, -0.2) is 55.4 Å². The van der Waals surface area contributed by atoms with Crippen molar-refractivity contribution in [1.29, 1.82) is 0 Å². The summed E-state index contributed by atoms with van der Waals surface area (Å²) in [6.45, 7) is -0.0252. The number of thiophene rings is 1. The second kappa shape index (κ2) is 10.8. The Morgan fingerprint density at radius 1 is 1.22 bits per heavy atom. The van der Waals surface area contributed by atoms with Crippen LogP contribution in [-0.2, 0) is 4.79 Å². The van der Waals surface area contributed by atoms with Crippen LogP contribution >= 0.6 is 11.3 Å². The van der Waals surface area contributed by atoms with Gasteiger partial charge in [-0.25, -0.2) is 9.40 Å². The summed E-state index contributed by atoms with van der Waals surface area (Å²) in [5.41, 5.74) is 1.11. The monoisotopic (exact) mass is 458 g/mol. The Balaban J connectivity index is 1.59. The zero-order valence-electron chi connectivity index (χ0n) is 17.7. The van der Waals surface area contributed by atoms with E-state index in [9.17, 15) is 14.0 Å². The summed E-state index contributed by atoms with van der Waals surface area (Å²) in [5, 5.41) is 16.7. The average Bonchev–Trinajstić information content (AvgIpc) is 3.23. The highest BCUT2D eigenvalue weighted by Crippen LogP contribution is 2.29. The topological polar surface area (TPSA) is 88.4 Å². The summed E-state index contributed by atoms with van der Waals surface area (Å²) in [6, 6.07) is 9.55. The number of ether oxygens (including phenoxy) is 2. The first-order valence-electron chi connectivity index (χ1n) is 9.85. The fraction of sp³-hybridized carbons (Fsp3) is 0.261. The molecule has 0 saturated carbocycles. The van der Waals surface area contributed by atoms with E-state index in [4.69, 9.17) is 14.6 Å². The van der Waals surface area contributed by atoms with E-state index in [1.807, 2.05) is 0 Å². The molecule has 1 amide bonds. The maximum Gasteiger partial charge on any atom is 0.242 e. The summed E-state index contributed by atoms with van der Waals surface area (Å²) in [7, 11) is 2.96. The Morgan fingerprint density at radius 2 is 2.03 bits per heavy atom. The van der Waals surface area contributed by atoms with Crippen LogP contribution in [0.25, 0.3) is 10.1 Å². The van der Waals surface area contributed by atoms with Gasteiger partial charge in [0.25, 0.3) is 0 Å². The molecule has 0 aliphatic carbocycles. The lowest BCUT2D eigenvalue weighted by molar-refractivity contribution is -0.129. The molecule has 32 heavy (non-hydrogen) atoms. The molecule has 0 aliphatic rings. The molecule has 0 fully saturated rings. The van der Waals surface area contributed by atoms with Gasteiger partial charge in [-0.2, -0.15) is 5.10 Å². The summed E-state index contributed by atoms with van der Waals surface area (Å²) in [6.07, 6.45) is 1.50. The second-order valence-corrected chi connectivity index (χ2v) is 7.71. The van der Waals surface area contributed by atoms with Gasteiger partial charge in [0.1, 0.15) is 12.4 Å². The summed E-state index contributed by atoms with van der Waals surface area (Å²) in [4.78, 5) is 24.9. The molecule has 0 bridgehead atoms. The van der Waals surface area contributed by atoms with E-state index in [-0.39, 0.29) is 43.6 Å². The van der Waals surface area contributed by atoms with Crippen molar-refractivity contribution in [3.05, 3.63) is 58.7 Å². The molecule has 0 unspecified atom stereocenters. The zero-order chi connectivity index (χ0) is 23.1. The number of Topliss-reactive ketones (excluding diaryl/α,β-unsaturated/α-hetero) is 1. The maximum atomic E-state index is 13.8. The lowest BCUT2D eigenvalue weighted by Gasteiger charge is -2.12. The lowest BCUT2D eigenvalue weighted by Crippen LogP contribution is -2.22. The third-order valence-electron chi connectivity index (χ3n) is 4.71. The first kappa shape index (κ1) is 23.4. The molecule has 0 atom stereocenters. The zero-order valence-corrected chi connectivity index (χ0v) is 18.5. The molecule has 0 spiro atoms. The number of benzene rings is 2. The van der Waals surface area contributed by atoms with Crippen LogP contribution in [0.2, 0.25) is 0 Å². The van der Waals surface area contributed by atoms with Crippen LogP contribution in [0.4, 0.5) is 4.39 Å². The van der Waals surface area contributed by atoms with Crippen molar-refractivity contribution >= 4 is 39.3 Å². The lowest BCUT2D eigenvalue weighted by atomic mass is 10.1. The van der Waals surface area contributed by atoms with E-state index >= 15 is 0 Å². The van der Waals surface area contributed by atoms with Gasteiger partial charge in [-0.1, -0.05) is 12.1 Å². The normalized spacial score (nSPS) is 11.1. The number of hydrazone groups is 1. The highest BCUT2D eigenvalue weighted by molar-refractivity contribution is 7.17. The Labute approximate surface area is 188 Å². The first-order chi connectivity index (χ1) is 15.4. The van der Waals surface area contributed by atoms with Gasteiger partial charge in [-0.3, -0.25) is 9.59 Å². The van der Waals surface area contributed by atoms with Gasteiger partial charge >= 0.3 is 0 Å². The van der Waals surface area contributed by atoms with Crippen LogP contribution in [0.1, 0.15) is 28.8 Å². The number of carbonyl (C=O) groups is 2. The molecule has 3 rings (SSSR count). The largest absolute Gasteiger partial charge is 0.493 e. The fourth-order valence-electron chi connectivity index (χ4n) is 3.00. The van der Waals surface area contributed by atoms with E-state index < -0.39 is 0 Å². The van der Waals surface area contributed by atoms with Gasteiger partial charge in [0.05, 0.1) is 24.6 Å². The third-order valence-corrected chi connectivity index (χ3v) is 5.74. The number of hydrogen-bond acceptors (Lipinski definition) is 7. The highest BCUT2D eigenvalue weighted by atomic mass is 32.1. The highest BCUT2D eigenvalue weighted by Gasteiger charge is 2.15. The van der Waals surface area contributed by atoms with Crippen LogP contribution in [0.15, 0.2) is 46.9 Å². The predicted octanol–water partition coefficient (Wildman–Crippen LogP) is 3.88. The Hall–Kier alpha value is -3.30. The molecular formula is C23H23FN2O5S.